The van der Waals surface area contributed by atoms with E-state index in [4.69, 9.17) is 0 Å². The number of rotatable bonds is 6. The summed E-state index contributed by atoms with van der Waals surface area (Å²) < 4.78 is 12.6. The molecule has 0 radical (unpaired) electrons. The molecule has 1 nitrogen and oxygen atoms in total. The van der Waals surface area contributed by atoms with Crippen molar-refractivity contribution in [2.24, 2.45) is 0 Å². The van der Waals surface area contributed by atoms with Gasteiger partial charge in [0.25, 0.3) is 0 Å². The molecular weight excluding hydrogens is 209 g/mol. The van der Waals surface area contributed by atoms with E-state index in [0.29, 0.717) is 5.25 Å². The fourth-order valence-corrected chi connectivity index (χ4v) is 1.61. The van der Waals surface area contributed by atoms with Crippen molar-refractivity contribution in [3.05, 3.63) is 35.6 Å². The van der Waals surface area contributed by atoms with Crippen LogP contribution in [0.3, 0.4) is 0 Å². The molecule has 0 saturated carbocycles. The summed E-state index contributed by atoms with van der Waals surface area (Å²) in [4.78, 5) is 0. The molecule has 1 rings (SSSR count). The van der Waals surface area contributed by atoms with E-state index < -0.39 is 0 Å². The lowest BCUT2D eigenvalue weighted by atomic mass is 10.2. The zero-order chi connectivity index (χ0) is 11.1. The molecule has 0 aliphatic rings. The lowest BCUT2D eigenvalue weighted by Crippen LogP contribution is -2.17. The van der Waals surface area contributed by atoms with E-state index in [9.17, 15) is 4.39 Å². The SMILES string of the molecule is CSC(C)CCNCc1ccc(F)cc1. The Balaban J connectivity index is 2.17. The predicted molar refractivity (Wildman–Crippen MR) is 65.7 cm³/mol. The molecule has 0 amide bonds. The maximum atomic E-state index is 12.6. The van der Waals surface area contributed by atoms with Crippen LogP contribution in [-0.4, -0.2) is 18.1 Å². The third kappa shape index (κ3) is 5.19. The van der Waals surface area contributed by atoms with Gasteiger partial charge in [-0.15, -0.1) is 0 Å². The van der Waals surface area contributed by atoms with Gasteiger partial charge in [-0.25, -0.2) is 4.39 Å². The maximum absolute atomic E-state index is 12.6. The van der Waals surface area contributed by atoms with Crippen molar-refractivity contribution in [3.63, 3.8) is 0 Å². The summed E-state index contributed by atoms with van der Waals surface area (Å²) in [5.74, 6) is -0.172. The molecule has 0 aliphatic carbocycles. The fraction of sp³-hybridized carbons (Fsp3) is 0.500. The van der Waals surface area contributed by atoms with Gasteiger partial charge in [-0.3, -0.25) is 0 Å². The van der Waals surface area contributed by atoms with Crippen molar-refractivity contribution in [1.82, 2.24) is 5.32 Å². The molecule has 0 aromatic heterocycles. The smallest absolute Gasteiger partial charge is 0.123 e. The van der Waals surface area contributed by atoms with E-state index in [-0.39, 0.29) is 5.82 Å². The quantitative estimate of drug-likeness (QED) is 0.750. The van der Waals surface area contributed by atoms with Crippen molar-refractivity contribution in [2.75, 3.05) is 12.8 Å². The van der Waals surface area contributed by atoms with Gasteiger partial charge in [0.2, 0.25) is 0 Å². The van der Waals surface area contributed by atoms with Crippen LogP contribution in [0.25, 0.3) is 0 Å². The van der Waals surface area contributed by atoms with E-state index in [1.54, 1.807) is 0 Å². The molecule has 3 heteroatoms. The molecule has 1 aromatic rings. The number of hydrogen-bond acceptors (Lipinski definition) is 2. The van der Waals surface area contributed by atoms with E-state index in [1.807, 2.05) is 23.9 Å². The third-order valence-corrected chi connectivity index (χ3v) is 3.41. The summed E-state index contributed by atoms with van der Waals surface area (Å²) in [5, 5.41) is 4.05. The minimum Gasteiger partial charge on any atom is -0.313 e. The second-order valence-corrected chi connectivity index (χ2v) is 4.91. The fourth-order valence-electron chi connectivity index (χ4n) is 1.26. The minimum atomic E-state index is -0.172. The molecule has 84 valence electrons. The van der Waals surface area contributed by atoms with Crippen LogP contribution >= 0.6 is 11.8 Å². The molecule has 1 aromatic carbocycles. The first-order valence-corrected chi connectivity index (χ1v) is 6.49. The molecular formula is C12H18FNS. The molecule has 0 aliphatic heterocycles. The molecule has 0 bridgehead atoms. The second kappa shape index (κ2) is 6.85. The largest absolute Gasteiger partial charge is 0.313 e. The van der Waals surface area contributed by atoms with Gasteiger partial charge in [-0.1, -0.05) is 19.1 Å². The highest BCUT2D eigenvalue weighted by molar-refractivity contribution is 7.99. The Bertz CT molecular complexity index is 273. The number of nitrogens with one attached hydrogen (secondary N) is 1. The number of benzene rings is 1. The van der Waals surface area contributed by atoms with Crippen LogP contribution in [0.4, 0.5) is 4.39 Å². The van der Waals surface area contributed by atoms with E-state index in [2.05, 4.69) is 18.5 Å². The molecule has 1 N–H and O–H groups in total. The van der Waals surface area contributed by atoms with E-state index in [1.165, 1.54) is 18.6 Å². The Hall–Kier alpha value is -0.540. The lowest BCUT2D eigenvalue weighted by Gasteiger charge is -2.08. The summed E-state index contributed by atoms with van der Waals surface area (Å²) in [6, 6.07) is 6.64. The van der Waals surface area contributed by atoms with Gasteiger partial charge in [-0.2, -0.15) is 11.8 Å². The van der Waals surface area contributed by atoms with Crippen LogP contribution in [-0.2, 0) is 6.54 Å². The van der Waals surface area contributed by atoms with Crippen LogP contribution in [0, 0.1) is 5.82 Å². The first-order chi connectivity index (χ1) is 7.22. The summed E-state index contributed by atoms with van der Waals surface area (Å²) in [7, 11) is 0. The summed E-state index contributed by atoms with van der Waals surface area (Å²) in [5.41, 5.74) is 1.13. The topological polar surface area (TPSA) is 12.0 Å². The Kier molecular flexibility index (Phi) is 5.73. The summed E-state index contributed by atoms with van der Waals surface area (Å²) >= 11 is 1.88. The summed E-state index contributed by atoms with van der Waals surface area (Å²) in [6.07, 6.45) is 3.30. The first-order valence-electron chi connectivity index (χ1n) is 5.20. The van der Waals surface area contributed by atoms with Crippen LogP contribution in [0.5, 0.6) is 0 Å². The van der Waals surface area contributed by atoms with Crippen molar-refractivity contribution < 1.29 is 4.39 Å². The minimum absolute atomic E-state index is 0.172. The van der Waals surface area contributed by atoms with Crippen molar-refractivity contribution in [2.45, 2.75) is 25.1 Å². The number of halogens is 1. The Morgan fingerprint density at radius 3 is 2.60 bits per heavy atom. The molecule has 1 atom stereocenters. The molecule has 1 unspecified atom stereocenters. The Morgan fingerprint density at radius 1 is 1.33 bits per heavy atom. The van der Waals surface area contributed by atoms with Crippen LogP contribution < -0.4 is 5.32 Å². The summed E-state index contributed by atoms with van der Waals surface area (Å²) in [6.45, 7) is 4.06. The standard InChI is InChI=1S/C12H18FNS/c1-10(15-2)7-8-14-9-11-3-5-12(13)6-4-11/h3-6,10,14H,7-9H2,1-2H3. The van der Waals surface area contributed by atoms with Gasteiger partial charge in [-0.05, 0) is 36.9 Å². The van der Waals surface area contributed by atoms with Gasteiger partial charge >= 0.3 is 0 Å². The Morgan fingerprint density at radius 2 is 2.00 bits per heavy atom. The zero-order valence-electron chi connectivity index (χ0n) is 9.29. The average Bonchev–Trinajstić information content (AvgIpc) is 2.26. The van der Waals surface area contributed by atoms with Crippen molar-refractivity contribution in [3.8, 4) is 0 Å². The number of hydrogen-bond donors (Lipinski definition) is 1. The lowest BCUT2D eigenvalue weighted by molar-refractivity contribution is 0.622. The van der Waals surface area contributed by atoms with E-state index in [0.717, 1.165) is 18.7 Å². The van der Waals surface area contributed by atoms with Gasteiger partial charge < -0.3 is 5.32 Å². The third-order valence-electron chi connectivity index (χ3n) is 2.37. The molecule has 0 saturated heterocycles. The van der Waals surface area contributed by atoms with Crippen molar-refractivity contribution in [1.29, 1.82) is 0 Å². The van der Waals surface area contributed by atoms with Crippen LogP contribution in [0.1, 0.15) is 18.9 Å². The van der Waals surface area contributed by atoms with Gasteiger partial charge in [0.1, 0.15) is 5.82 Å². The predicted octanol–water partition coefficient (Wildman–Crippen LogP) is 3.06. The van der Waals surface area contributed by atoms with Gasteiger partial charge in [0.05, 0.1) is 0 Å². The molecule has 0 spiro atoms. The van der Waals surface area contributed by atoms with Crippen molar-refractivity contribution >= 4 is 11.8 Å². The van der Waals surface area contributed by atoms with E-state index >= 15 is 0 Å². The van der Waals surface area contributed by atoms with Gasteiger partial charge in [0, 0.05) is 11.8 Å². The Labute approximate surface area is 95.5 Å². The maximum Gasteiger partial charge on any atom is 0.123 e. The highest BCUT2D eigenvalue weighted by Crippen LogP contribution is 2.08. The second-order valence-electron chi connectivity index (χ2n) is 3.64. The average molecular weight is 227 g/mol. The highest BCUT2D eigenvalue weighted by atomic mass is 32.2. The van der Waals surface area contributed by atoms with Crippen LogP contribution in [0.15, 0.2) is 24.3 Å². The first kappa shape index (κ1) is 12.5. The molecule has 0 fully saturated rings. The zero-order valence-corrected chi connectivity index (χ0v) is 10.1. The highest BCUT2D eigenvalue weighted by Gasteiger charge is 1.98. The normalized spacial score (nSPS) is 12.7. The van der Waals surface area contributed by atoms with Gasteiger partial charge in [0.15, 0.2) is 0 Å². The molecule has 15 heavy (non-hydrogen) atoms. The monoisotopic (exact) mass is 227 g/mol. The molecule has 0 heterocycles. The number of thioether (sulfide) groups is 1. The van der Waals surface area contributed by atoms with Crippen LogP contribution in [0.2, 0.25) is 0 Å².